The number of pyridine rings is 1. The van der Waals surface area contributed by atoms with Gasteiger partial charge in [-0.2, -0.15) is 9.61 Å². The van der Waals surface area contributed by atoms with E-state index in [1.807, 2.05) is 0 Å². The van der Waals surface area contributed by atoms with E-state index in [1.54, 1.807) is 6.07 Å². The van der Waals surface area contributed by atoms with Gasteiger partial charge in [-0.3, -0.25) is 19.9 Å². The van der Waals surface area contributed by atoms with Crippen LogP contribution in [0.4, 0.5) is 20.8 Å². The number of carbonyl (C=O) groups is 3. The van der Waals surface area contributed by atoms with Gasteiger partial charge in [-0.1, -0.05) is 0 Å². The normalized spacial score (nSPS) is 17.0. The number of rotatable bonds is 5. The average molecular weight is 422 g/mol. The number of imide groups is 1. The van der Waals surface area contributed by atoms with Crippen LogP contribution in [0, 0.1) is 5.82 Å². The third kappa shape index (κ3) is 3.66. The zero-order valence-corrected chi connectivity index (χ0v) is 15.8. The molecule has 0 unspecified atom stereocenters. The second-order valence-corrected chi connectivity index (χ2v) is 7.06. The van der Waals surface area contributed by atoms with Crippen LogP contribution in [0.25, 0.3) is 11.7 Å². The first kappa shape index (κ1) is 18.7. The maximum Gasteiger partial charge on any atom is 0.326 e. The topological polar surface area (TPSA) is 142 Å². The van der Waals surface area contributed by atoms with Crippen molar-refractivity contribution in [1.82, 2.24) is 30.2 Å². The van der Waals surface area contributed by atoms with Gasteiger partial charge in [0.2, 0.25) is 0 Å². The van der Waals surface area contributed by atoms with Gasteiger partial charge in [0.25, 0.3) is 11.8 Å². The van der Waals surface area contributed by atoms with Gasteiger partial charge >= 0.3 is 6.03 Å². The number of hydrogen-bond acceptors (Lipinski definition) is 7. The fraction of sp³-hybridized carbons (Fsp3) is 0.158. The van der Waals surface area contributed by atoms with Crippen LogP contribution in [0.15, 0.2) is 36.4 Å². The molecule has 2 aliphatic rings. The van der Waals surface area contributed by atoms with Crippen LogP contribution in [0.1, 0.15) is 28.8 Å². The standard InChI is InChI=1S/C19H15FN8O3/c20-12-8-21-4-3-11(12)17(29)26-14-6-15(23-10-1-2-10)28-16(25-14)9(7-22-28)5-13-18(30)27-19(31)24-13/h3-8,10,23H,1-2H2,(H,25,26,29)(H2,24,27,30,31)/b13-5-. The molecule has 0 spiro atoms. The van der Waals surface area contributed by atoms with Crippen LogP contribution in [-0.2, 0) is 4.79 Å². The molecule has 3 aromatic heterocycles. The van der Waals surface area contributed by atoms with E-state index in [1.165, 1.54) is 29.1 Å². The third-order valence-corrected chi connectivity index (χ3v) is 4.71. The van der Waals surface area contributed by atoms with Gasteiger partial charge in [-0.15, -0.1) is 0 Å². The monoisotopic (exact) mass is 422 g/mol. The molecule has 12 heteroatoms. The number of nitrogens with one attached hydrogen (secondary N) is 4. The van der Waals surface area contributed by atoms with E-state index in [0.717, 1.165) is 19.0 Å². The summed E-state index contributed by atoms with van der Waals surface area (Å²) in [5, 5.41) is 14.7. The molecule has 1 saturated carbocycles. The number of carbonyl (C=O) groups excluding carboxylic acids is 3. The van der Waals surface area contributed by atoms with E-state index in [0.29, 0.717) is 17.0 Å². The first-order valence-corrected chi connectivity index (χ1v) is 9.38. The molecule has 4 N–H and O–H groups in total. The number of amides is 4. The highest BCUT2D eigenvalue weighted by Gasteiger charge is 2.25. The molecule has 0 radical (unpaired) electrons. The lowest BCUT2D eigenvalue weighted by Gasteiger charge is -2.11. The van der Waals surface area contributed by atoms with Crippen molar-refractivity contribution in [2.75, 3.05) is 10.6 Å². The highest BCUT2D eigenvalue weighted by atomic mass is 19.1. The van der Waals surface area contributed by atoms with Crippen molar-refractivity contribution in [1.29, 1.82) is 0 Å². The van der Waals surface area contributed by atoms with E-state index < -0.39 is 23.7 Å². The summed E-state index contributed by atoms with van der Waals surface area (Å²) < 4.78 is 15.4. The van der Waals surface area contributed by atoms with Crippen LogP contribution in [0.3, 0.4) is 0 Å². The molecule has 0 atom stereocenters. The Hall–Kier alpha value is -4.35. The SMILES string of the molecule is O=C1NC(=O)/C(=C/c2cnn3c(NC4CC4)cc(NC(=O)c4ccncc4F)nc23)N1. The second-order valence-electron chi connectivity index (χ2n) is 7.06. The summed E-state index contributed by atoms with van der Waals surface area (Å²) in [6, 6.07) is 2.51. The van der Waals surface area contributed by atoms with Gasteiger partial charge in [0.05, 0.1) is 18.0 Å². The molecule has 5 rings (SSSR count). The maximum atomic E-state index is 13.9. The van der Waals surface area contributed by atoms with Crippen LogP contribution in [-0.4, -0.2) is 43.5 Å². The molecule has 4 heterocycles. The van der Waals surface area contributed by atoms with Crippen LogP contribution >= 0.6 is 0 Å². The number of hydrogen-bond donors (Lipinski definition) is 4. The van der Waals surface area contributed by atoms with Gasteiger partial charge in [-0.25, -0.2) is 14.2 Å². The Labute approximate surface area is 173 Å². The number of anilines is 2. The Morgan fingerprint density at radius 1 is 1.26 bits per heavy atom. The summed E-state index contributed by atoms with van der Waals surface area (Å²) in [7, 11) is 0. The number of halogens is 1. The molecule has 156 valence electrons. The molecule has 2 fully saturated rings. The zero-order chi connectivity index (χ0) is 21.5. The molecule has 31 heavy (non-hydrogen) atoms. The van der Waals surface area contributed by atoms with Gasteiger partial charge < -0.3 is 16.0 Å². The summed E-state index contributed by atoms with van der Waals surface area (Å²) in [6.07, 6.45) is 7.19. The van der Waals surface area contributed by atoms with Gasteiger partial charge in [0.15, 0.2) is 11.5 Å². The van der Waals surface area contributed by atoms with Crippen LogP contribution in [0.5, 0.6) is 0 Å². The molecule has 0 bridgehead atoms. The second kappa shape index (κ2) is 7.16. The first-order valence-electron chi connectivity index (χ1n) is 9.38. The summed E-state index contributed by atoms with van der Waals surface area (Å²) in [5.74, 6) is -1.27. The van der Waals surface area contributed by atoms with Crippen molar-refractivity contribution in [3.8, 4) is 0 Å². The van der Waals surface area contributed by atoms with E-state index in [2.05, 4.69) is 36.3 Å². The molecule has 1 saturated heterocycles. The summed E-state index contributed by atoms with van der Waals surface area (Å²) >= 11 is 0. The molecule has 1 aliphatic carbocycles. The Morgan fingerprint density at radius 2 is 2.10 bits per heavy atom. The fourth-order valence-corrected chi connectivity index (χ4v) is 3.07. The molecule has 4 amide bonds. The summed E-state index contributed by atoms with van der Waals surface area (Å²) in [6.45, 7) is 0. The average Bonchev–Trinajstić information content (AvgIpc) is 3.37. The Kier molecular flexibility index (Phi) is 4.31. The highest BCUT2D eigenvalue weighted by molar-refractivity contribution is 6.14. The molecule has 11 nitrogen and oxygen atoms in total. The number of nitrogens with zero attached hydrogens (tertiary/aromatic N) is 4. The van der Waals surface area contributed by atoms with Gasteiger partial charge in [0, 0.05) is 23.9 Å². The van der Waals surface area contributed by atoms with Gasteiger partial charge in [0.1, 0.15) is 17.3 Å². The van der Waals surface area contributed by atoms with Crippen molar-refractivity contribution in [3.05, 3.63) is 53.4 Å². The third-order valence-electron chi connectivity index (χ3n) is 4.71. The maximum absolute atomic E-state index is 13.9. The molecule has 1 aliphatic heterocycles. The first-order chi connectivity index (χ1) is 15.0. The summed E-state index contributed by atoms with van der Waals surface area (Å²) in [5.41, 5.74) is 0.649. The summed E-state index contributed by atoms with van der Waals surface area (Å²) in [4.78, 5) is 43.8. The van der Waals surface area contributed by atoms with E-state index in [4.69, 9.17) is 0 Å². The smallest absolute Gasteiger partial charge is 0.326 e. The number of urea groups is 1. The predicted molar refractivity (Wildman–Crippen MR) is 106 cm³/mol. The van der Waals surface area contributed by atoms with E-state index >= 15 is 0 Å². The van der Waals surface area contributed by atoms with Crippen molar-refractivity contribution in [2.45, 2.75) is 18.9 Å². The lowest BCUT2D eigenvalue weighted by Crippen LogP contribution is -2.22. The quantitative estimate of drug-likeness (QED) is 0.358. The van der Waals surface area contributed by atoms with Crippen LogP contribution < -0.4 is 21.3 Å². The van der Waals surface area contributed by atoms with E-state index in [-0.39, 0.29) is 23.1 Å². The van der Waals surface area contributed by atoms with E-state index in [9.17, 15) is 18.8 Å². The van der Waals surface area contributed by atoms with Crippen molar-refractivity contribution in [3.63, 3.8) is 0 Å². The number of fused-ring (bicyclic) bond motifs is 1. The Balaban J connectivity index is 1.54. The van der Waals surface area contributed by atoms with Crippen molar-refractivity contribution >= 4 is 41.2 Å². The van der Waals surface area contributed by atoms with Crippen molar-refractivity contribution < 1.29 is 18.8 Å². The Morgan fingerprint density at radius 3 is 2.81 bits per heavy atom. The number of aromatic nitrogens is 4. The molecular weight excluding hydrogens is 407 g/mol. The fourth-order valence-electron chi connectivity index (χ4n) is 3.07. The van der Waals surface area contributed by atoms with Crippen molar-refractivity contribution in [2.24, 2.45) is 0 Å². The largest absolute Gasteiger partial charge is 0.367 e. The molecule has 0 aromatic carbocycles. The predicted octanol–water partition coefficient (Wildman–Crippen LogP) is 1.27. The zero-order valence-electron chi connectivity index (χ0n) is 15.8. The van der Waals surface area contributed by atoms with Crippen LogP contribution in [0.2, 0.25) is 0 Å². The highest BCUT2D eigenvalue weighted by Crippen LogP contribution is 2.27. The minimum Gasteiger partial charge on any atom is -0.367 e. The molecule has 3 aromatic rings. The van der Waals surface area contributed by atoms with Gasteiger partial charge in [-0.05, 0) is 25.0 Å². The minimum atomic E-state index is -0.754. The lowest BCUT2D eigenvalue weighted by molar-refractivity contribution is -0.115. The minimum absolute atomic E-state index is 0.0479. The lowest BCUT2D eigenvalue weighted by atomic mass is 10.2. The Bertz CT molecular complexity index is 1280. The molecular formula is C19H15FN8O3.